The monoisotopic (exact) mass is 550 g/mol. The minimum Gasteiger partial charge on any atom is -0.454 e. The SMILES string of the molecule is CCCn1c(N2CCC(C)CC2)c(C=C2SC(=S)N(Cc3ccc4c(c3)OCO4)C2=O)c(C)c(C#N)c1=O. The fourth-order valence-corrected chi connectivity index (χ4v) is 6.36. The van der Waals surface area contributed by atoms with Gasteiger partial charge in [-0.05, 0) is 61.4 Å². The molecule has 10 heteroatoms. The number of rotatable bonds is 6. The third-order valence-electron chi connectivity index (χ3n) is 7.30. The molecule has 5 rings (SSSR count). The number of aromatic nitrogens is 1. The molecule has 198 valence electrons. The third kappa shape index (κ3) is 4.81. The van der Waals surface area contributed by atoms with Gasteiger partial charge in [0.2, 0.25) is 6.79 Å². The zero-order chi connectivity index (χ0) is 27.0. The molecule has 4 heterocycles. The molecule has 8 nitrogen and oxygen atoms in total. The van der Waals surface area contributed by atoms with Crippen LogP contribution in [0.4, 0.5) is 5.82 Å². The average Bonchev–Trinajstić information content (AvgIpc) is 3.47. The first-order valence-electron chi connectivity index (χ1n) is 12.9. The summed E-state index contributed by atoms with van der Waals surface area (Å²) in [6.45, 7) is 8.70. The number of ether oxygens (including phenoxy) is 2. The molecule has 1 amide bonds. The number of amides is 1. The Kier molecular flexibility index (Phi) is 7.50. The normalized spacial score (nSPS) is 18.5. The molecule has 0 bridgehead atoms. The summed E-state index contributed by atoms with van der Waals surface area (Å²) in [5, 5.41) is 9.86. The molecule has 2 saturated heterocycles. The van der Waals surface area contributed by atoms with Gasteiger partial charge in [0.15, 0.2) is 11.5 Å². The van der Waals surface area contributed by atoms with Crippen LogP contribution in [-0.2, 0) is 17.9 Å². The zero-order valence-electron chi connectivity index (χ0n) is 21.8. The molecule has 0 saturated carbocycles. The van der Waals surface area contributed by atoms with Gasteiger partial charge in [0.1, 0.15) is 21.8 Å². The van der Waals surface area contributed by atoms with E-state index in [2.05, 4.69) is 17.9 Å². The molecule has 0 atom stereocenters. The van der Waals surface area contributed by atoms with Crippen molar-refractivity contribution in [2.75, 3.05) is 24.8 Å². The summed E-state index contributed by atoms with van der Waals surface area (Å²) in [5.74, 6) is 2.56. The van der Waals surface area contributed by atoms with Gasteiger partial charge in [0.25, 0.3) is 11.5 Å². The maximum Gasteiger partial charge on any atom is 0.270 e. The van der Waals surface area contributed by atoms with Crippen LogP contribution in [0.25, 0.3) is 6.08 Å². The van der Waals surface area contributed by atoms with Gasteiger partial charge >= 0.3 is 0 Å². The van der Waals surface area contributed by atoms with Crippen molar-refractivity contribution in [1.29, 1.82) is 5.26 Å². The van der Waals surface area contributed by atoms with Crippen molar-refractivity contribution < 1.29 is 14.3 Å². The lowest BCUT2D eigenvalue weighted by atomic mass is 9.97. The number of piperidine rings is 1. The largest absolute Gasteiger partial charge is 0.454 e. The standard InChI is InChI=1S/C28H30N4O4S2/c1-4-9-31-25(30-10-7-17(2)8-11-30)20(18(3)21(14-29)26(31)33)13-24-27(34)32(28(37)38-24)15-19-5-6-22-23(12-19)36-16-35-22/h5-6,12-13,17H,4,7-11,15-16H2,1-3H3. The van der Waals surface area contributed by atoms with E-state index in [0.29, 0.717) is 45.3 Å². The van der Waals surface area contributed by atoms with E-state index in [1.54, 1.807) is 16.4 Å². The number of anilines is 1. The Morgan fingerprint density at radius 3 is 2.66 bits per heavy atom. The van der Waals surface area contributed by atoms with Crippen molar-refractivity contribution in [1.82, 2.24) is 9.47 Å². The van der Waals surface area contributed by atoms with Crippen LogP contribution < -0.4 is 19.9 Å². The summed E-state index contributed by atoms with van der Waals surface area (Å²) in [5.41, 5.74) is 2.07. The fraction of sp³-hybridized carbons (Fsp3) is 0.429. The van der Waals surface area contributed by atoms with Gasteiger partial charge in [-0.3, -0.25) is 19.1 Å². The molecule has 2 aromatic rings. The Balaban J connectivity index is 1.55. The van der Waals surface area contributed by atoms with Gasteiger partial charge in [0.05, 0.1) is 11.4 Å². The molecule has 0 radical (unpaired) electrons. The topological polar surface area (TPSA) is 87.8 Å². The molecule has 3 aliphatic heterocycles. The summed E-state index contributed by atoms with van der Waals surface area (Å²) in [6.07, 6.45) is 4.63. The minimum absolute atomic E-state index is 0.120. The number of hydrogen-bond donors (Lipinski definition) is 0. The van der Waals surface area contributed by atoms with Crippen molar-refractivity contribution in [2.45, 2.75) is 53.1 Å². The van der Waals surface area contributed by atoms with E-state index in [1.165, 1.54) is 11.8 Å². The van der Waals surface area contributed by atoms with Gasteiger partial charge in [-0.1, -0.05) is 43.9 Å². The van der Waals surface area contributed by atoms with Crippen molar-refractivity contribution in [2.24, 2.45) is 5.92 Å². The number of thioether (sulfide) groups is 1. The first kappa shape index (κ1) is 26.3. The smallest absolute Gasteiger partial charge is 0.270 e. The number of fused-ring (bicyclic) bond motifs is 1. The molecule has 1 aromatic heterocycles. The summed E-state index contributed by atoms with van der Waals surface area (Å²) >= 11 is 6.85. The first-order chi connectivity index (χ1) is 18.3. The lowest BCUT2D eigenvalue weighted by Gasteiger charge is -2.35. The van der Waals surface area contributed by atoms with E-state index in [9.17, 15) is 14.9 Å². The number of thiocarbonyl (C=S) groups is 1. The minimum atomic E-state index is -0.270. The van der Waals surface area contributed by atoms with Crippen molar-refractivity contribution in [3.05, 3.63) is 55.7 Å². The van der Waals surface area contributed by atoms with E-state index >= 15 is 0 Å². The molecule has 0 N–H and O–H groups in total. The summed E-state index contributed by atoms with van der Waals surface area (Å²) in [7, 11) is 0. The van der Waals surface area contributed by atoms with Crippen LogP contribution in [0.2, 0.25) is 0 Å². The Labute approximate surface area is 231 Å². The Bertz CT molecular complexity index is 1430. The Morgan fingerprint density at radius 2 is 1.95 bits per heavy atom. The van der Waals surface area contributed by atoms with Crippen molar-refractivity contribution in [3.8, 4) is 17.6 Å². The third-order valence-corrected chi connectivity index (χ3v) is 8.68. The molecular formula is C28H30N4O4S2. The van der Waals surface area contributed by atoms with Gasteiger partial charge in [0, 0.05) is 25.2 Å². The van der Waals surface area contributed by atoms with Crippen LogP contribution in [0.3, 0.4) is 0 Å². The maximum atomic E-state index is 13.6. The molecule has 1 aromatic carbocycles. The first-order valence-corrected chi connectivity index (χ1v) is 14.1. The molecule has 0 spiro atoms. The van der Waals surface area contributed by atoms with E-state index in [1.807, 2.05) is 31.2 Å². The number of nitrogens with zero attached hydrogens (tertiary/aromatic N) is 4. The van der Waals surface area contributed by atoms with E-state index < -0.39 is 0 Å². The summed E-state index contributed by atoms with van der Waals surface area (Å²) in [4.78, 5) is 31.2. The van der Waals surface area contributed by atoms with Gasteiger partial charge < -0.3 is 14.4 Å². The second-order valence-corrected chi connectivity index (χ2v) is 11.6. The molecule has 3 aliphatic rings. The number of nitriles is 1. The highest BCUT2D eigenvalue weighted by molar-refractivity contribution is 8.26. The van der Waals surface area contributed by atoms with Gasteiger partial charge in [-0.2, -0.15) is 5.26 Å². The number of carbonyl (C=O) groups is 1. The van der Waals surface area contributed by atoms with Crippen LogP contribution in [0.15, 0.2) is 27.9 Å². The highest BCUT2D eigenvalue weighted by Gasteiger charge is 2.34. The number of benzene rings is 1. The number of pyridine rings is 1. The Hall–Kier alpha value is -3.29. The summed E-state index contributed by atoms with van der Waals surface area (Å²) in [6, 6.07) is 7.71. The lowest BCUT2D eigenvalue weighted by molar-refractivity contribution is -0.122. The number of hydrogen-bond acceptors (Lipinski definition) is 8. The zero-order valence-corrected chi connectivity index (χ0v) is 23.4. The van der Waals surface area contributed by atoms with Crippen LogP contribution in [-0.4, -0.2) is 39.6 Å². The molecule has 0 unspecified atom stereocenters. The van der Waals surface area contributed by atoms with E-state index in [0.717, 1.165) is 49.3 Å². The highest BCUT2D eigenvalue weighted by Crippen LogP contribution is 2.38. The van der Waals surface area contributed by atoms with Crippen LogP contribution in [0, 0.1) is 24.2 Å². The van der Waals surface area contributed by atoms with Crippen molar-refractivity contribution in [3.63, 3.8) is 0 Å². The van der Waals surface area contributed by atoms with Crippen LogP contribution in [0.5, 0.6) is 11.5 Å². The van der Waals surface area contributed by atoms with Crippen molar-refractivity contribution >= 4 is 46.1 Å². The maximum absolute atomic E-state index is 13.6. The van der Waals surface area contributed by atoms with Gasteiger partial charge in [-0.15, -0.1) is 0 Å². The molecule has 0 aliphatic carbocycles. The molecule has 38 heavy (non-hydrogen) atoms. The summed E-state index contributed by atoms with van der Waals surface area (Å²) < 4.78 is 13.1. The quantitative estimate of drug-likeness (QED) is 0.374. The Morgan fingerprint density at radius 1 is 1.21 bits per heavy atom. The van der Waals surface area contributed by atoms with Crippen LogP contribution >= 0.6 is 24.0 Å². The molecule has 2 fully saturated rings. The lowest BCUT2D eigenvalue weighted by Crippen LogP contribution is -2.39. The highest BCUT2D eigenvalue weighted by atomic mass is 32.2. The van der Waals surface area contributed by atoms with Gasteiger partial charge in [-0.25, -0.2) is 0 Å². The van der Waals surface area contributed by atoms with E-state index in [4.69, 9.17) is 21.7 Å². The fourth-order valence-electron chi connectivity index (χ4n) is 5.13. The predicted molar refractivity (Wildman–Crippen MR) is 152 cm³/mol. The van der Waals surface area contributed by atoms with Crippen LogP contribution in [0.1, 0.15) is 55.4 Å². The predicted octanol–water partition coefficient (Wildman–Crippen LogP) is 4.80. The average molecular weight is 551 g/mol. The van der Waals surface area contributed by atoms with E-state index in [-0.39, 0.29) is 23.8 Å². The number of carbonyl (C=O) groups excluding carboxylic acids is 1. The second-order valence-electron chi connectivity index (χ2n) is 9.93. The molecular weight excluding hydrogens is 520 g/mol. The second kappa shape index (κ2) is 10.8.